The molecule has 1 fully saturated rings. The molecule has 1 unspecified atom stereocenters. The summed E-state index contributed by atoms with van der Waals surface area (Å²) >= 11 is 0. The summed E-state index contributed by atoms with van der Waals surface area (Å²) in [7, 11) is 0. The van der Waals surface area contributed by atoms with Crippen molar-refractivity contribution in [1.29, 1.82) is 0 Å². The van der Waals surface area contributed by atoms with Crippen LogP contribution in [0.2, 0.25) is 0 Å². The van der Waals surface area contributed by atoms with E-state index in [2.05, 4.69) is 6.92 Å². The molecule has 1 saturated carbocycles. The van der Waals surface area contributed by atoms with Crippen LogP contribution in [0.4, 0.5) is 0 Å². The number of carbonyl (C=O) groups is 1. The molecule has 0 aliphatic heterocycles. The fraction of sp³-hybridized carbons (Fsp3) is 0.917. The molecular weight excluding hydrogens is 190 g/mol. The number of carboxylic acid groups (broad SMARTS) is 1. The summed E-state index contributed by atoms with van der Waals surface area (Å²) in [5.74, 6) is -0.874. The molecule has 1 atom stereocenters. The van der Waals surface area contributed by atoms with Crippen molar-refractivity contribution in [2.45, 2.75) is 64.3 Å². The van der Waals surface area contributed by atoms with Gasteiger partial charge in [-0.15, -0.1) is 0 Å². The van der Waals surface area contributed by atoms with Crippen molar-refractivity contribution in [3.8, 4) is 0 Å². The summed E-state index contributed by atoms with van der Waals surface area (Å²) in [5, 5.41) is 9.06. The molecule has 0 spiro atoms. The van der Waals surface area contributed by atoms with Crippen LogP contribution in [0.1, 0.15) is 58.8 Å². The lowest BCUT2D eigenvalue weighted by Crippen LogP contribution is -2.49. The maximum atomic E-state index is 11.0. The minimum Gasteiger partial charge on any atom is -0.480 e. The van der Waals surface area contributed by atoms with Crippen molar-refractivity contribution < 1.29 is 9.90 Å². The Morgan fingerprint density at radius 2 is 1.93 bits per heavy atom. The Bertz CT molecular complexity index is 230. The Kier molecular flexibility index (Phi) is 3.77. The zero-order chi connectivity index (χ0) is 11.5. The van der Waals surface area contributed by atoms with Gasteiger partial charge in [-0.05, 0) is 31.6 Å². The number of hydrogen-bond donors (Lipinski definition) is 2. The second kappa shape index (κ2) is 4.52. The molecule has 15 heavy (non-hydrogen) atoms. The van der Waals surface area contributed by atoms with E-state index in [-0.39, 0.29) is 5.41 Å². The van der Waals surface area contributed by atoms with E-state index < -0.39 is 11.5 Å². The van der Waals surface area contributed by atoms with E-state index in [1.165, 1.54) is 19.3 Å². The molecule has 3 heteroatoms. The fourth-order valence-corrected chi connectivity index (χ4v) is 2.81. The van der Waals surface area contributed by atoms with Crippen LogP contribution in [-0.2, 0) is 4.79 Å². The van der Waals surface area contributed by atoms with E-state index in [4.69, 9.17) is 10.8 Å². The van der Waals surface area contributed by atoms with Gasteiger partial charge < -0.3 is 10.8 Å². The summed E-state index contributed by atoms with van der Waals surface area (Å²) in [4.78, 5) is 11.0. The summed E-state index contributed by atoms with van der Waals surface area (Å²) in [6.45, 7) is 3.80. The van der Waals surface area contributed by atoms with Crippen LogP contribution in [0, 0.1) is 5.41 Å². The lowest BCUT2D eigenvalue weighted by atomic mass is 9.66. The van der Waals surface area contributed by atoms with Crippen LogP contribution >= 0.6 is 0 Å². The zero-order valence-electron chi connectivity index (χ0n) is 9.88. The third-order valence-electron chi connectivity index (χ3n) is 3.90. The summed E-state index contributed by atoms with van der Waals surface area (Å²) in [6, 6.07) is 0. The quantitative estimate of drug-likeness (QED) is 0.754. The van der Waals surface area contributed by atoms with E-state index >= 15 is 0 Å². The van der Waals surface area contributed by atoms with Gasteiger partial charge in [0.15, 0.2) is 0 Å². The lowest BCUT2D eigenvalue weighted by Gasteiger charge is -2.40. The van der Waals surface area contributed by atoms with Gasteiger partial charge in [0.25, 0.3) is 0 Å². The normalized spacial score (nSPS) is 24.5. The molecule has 3 nitrogen and oxygen atoms in total. The maximum Gasteiger partial charge on any atom is 0.323 e. The molecule has 88 valence electrons. The minimum atomic E-state index is -1.06. The molecule has 0 heterocycles. The molecule has 0 amide bonds. The van der Waals surface area contributed by atoms with E-state index in [0.29, 0.717) is 6.42 Å². The molecule has 0 bridgehead atoms. The van der Waals surface area contributed by atoms with Gasteiger partial charge in [0.05, 0.1) is 0 Å². The molecule has 0 saturated heterocycles. The summed E-state index contributed by atoms with van der Waals surface area (Å²) in [5.41, 5.74) is 4.97. The third kappa shape index (κ3) is 2.94. The Morgan fingerprint density at radius 3 is 2.33 bits per heavy atom. The molecule has 3 N–H and O–H groups in total. The Labute approximate surface area is 92.0 Å². The van der Waals surface area contributed by atoms with Crippen molar-refractivity contribution in [2.75, 3.05) is 0 Å². The van der Waals surface area contributed by atoms with Gasteiger partial charge in [-0.1, -0.05) is 32.6 Å². The van der Waals surface area contributed by atoms with Crippen LogP contribution in [-0.4, -0.2) is 16.6 Å². The number of carboxylic acids is 1. The van der Waals surface area contributed by atoms with E-state index in [1.54, 1.807) is 6.92 Å². The number of rotatable bonds is 4. The Morgan fingerprint density at radius 1 is 1.40 bits per heavy atom. The fourth-order valence-electron chi connectivity index (χ4n) is 2.81. The van der Waals surface area contributed by atoms with Gasteiger partial charge >= 0.3 is 5.97 Å². The average Bonchev–Trinajstić information content (AvgIpc) is 2.18. The summed E-state index contributed by atoms with van der Waals surface area (Å²) < 4.78 is 0. The molecule has 0 aromatic heterocycles. The number of nitrogens with two attached hydrogens (primary N) is 1. The van der Waals surface area contributed by atoms with Gasteiger partial charge in [0.2, 0.25) is 0 Å². The monoisotopic (exact) mass is 213 g/mol. The lowest BCUT2D eigenvalue weighted by molar-refractivity contribution is -0.144. The SMILES string of the molecule is CCC1(CC(C)(N)C(=O)O)CCCCC1. The van der Waals surface area contributed by atoms with E-state index in [1.807, 2.05) is 0 Å². The predicted molar refractivity (Wildman–Crippen MR) is 60.7 cm³/mol. The second-order valence-electron chi connectivity index (χ2n) is 5.31. The number of aliphatic carboxylic acids is 1. The molecule has 1 aliphatic rings. The highest BCUT2D eigenvalue weighted by Crippen LogP contribution is 2.44. The van der Waals surface area contributed by atoms with Crippen LogP contribution < -0.4 is 5.73 Å². The van der Waals surface area contributed by atoms with Crippen molar-refractivity contribution in [2.24, 2.45) is 11.1 Å². The Balaban J connectivity index is 2.70. The van der Waals surface area contributed by atoms with E-state index in [9.17, 15) is 4.79 Å². The van der Waals surface area contributed by atoms with Crippen molar-refractivity contribution in [3.05, 3.63) is 0 Å². The van der Waals surface area contributed by atoms with Crippen LogP contribution in [0.25, 0.3) is 0 Å². The highest BCUT2D eigenvalue weighted by atomic mass is 16.4. The minimum absolute atomic E-state index is 0.181. The second-order valence-corrected chi connectivity index (χ2v) is 5.31. The van der Waals surface area contributed by atoms with Gasteiger partial charge in [0.1, 0.15) is 5.54 Å². The molecule has 0 aromatic rings. The highest BCUT2D eigenvalue weighted by molar-refractivity contribution is 5.77. The topological polar surface area (TPSA) is 63.3 Å². The molecule has 0 aromatic carbocycles. The molecule has 0 radical (unpaired) electrons. The van der Waals surface area contributed by atoms with Gasteiger partial charge in [0, 0.05) is 0 Å². The van der Waals surface area contributed by atoms with E-state index in [0.717, 1.165) is 19.3 Å². The largest absolute Gasteiger partial charge is 0.480 e. The zero-order valence-corrected chi connectivity index (χ0v) is 9.88. The maximum absolute atomic E-state index is 11.0. The number of hydrogen-bond acceptors (Lipinski definition) is 2. The molecule has 1 rings (SSSR count). The van der Waals surface area contributed by atoms with Crippen molar-refractivity contribution in [3.63, 3.8) is 0 Å². The van der Waals surface area contributed by atoms with Crippen LogP contribution in [0.3, 0.4) is 0 Å². The first-order valence-corrected chi connectivity index (χ1v) is 5.94. The van der Waals surface area contributed by atoms with Gasteiger partial charge in [-0.3, -0.25) is 4.79 Å². The highest BCUT2D eigenvalue weighted by Gasteiger charge is 2.40. The average molecular weight is 213 g/mol. The first kappa shape index (κ1) is 12.5. The van der Waals surface area contributed by atoms with Crippen LogP contribution in [0.5, 0.6) is 0 Å². The first-order valence-electron chi connectivity index (χ1n) is 5.94. The summed E-state index contributed by atoms with van der Waals surface area (Å²) in [6.07, 6.45) is 7.69. The predicted octanol–water partition coefficient (Wildman–Crippen LogP) is 2.54. The third-order valence-corrected chi connectivity index (χ3v) is 3.90. The van der Waals surface area contributed by atoms with Crippen LogP contribution in [0.15, 0.2) is 0 Å². The Hall–Kier alpha value is -0.570. The van der Waals surface area contributed by atoms with Crippen molar-refractivity contribution >= 4 is 5.97 Å². The first-order chi connectivity index (χ1) is 6.92. The molecule has 1 aliphatic carbocycles. The molecular formula is C12H23NO2. The smallest absolute Gasteiger partial charge is 0.323 e. The van der Waals surface area contributed by atoms with Crippen molar-refractivity contribution in [1.82, 2.24) is 0 Å². The van der Waals surface area contributed by atoms with Gasteiger partial charge in [-0.25, -0.2) is 0 Å². The van der Waals surface area contributed by atoms with Gasteiger partial charge in [-0.2, -0.15) is 0 Å². The standard InChI is InChI=1S/C12H23NO2/c1-3-12(7-5-4-6-8-12)9-11(2,13)10(14)15/h3-9,13H2,1-2H3,(H,14,15).